The highest BCUT2D eigenvalue weighted by Crippen LogP contribution is 2.27. The maximum atomic E-state index is 11.2. The van der Waals surface area contributed by atoms with Gasteiger partial charge in [-0.05, 0) is 62.4 Å². The Morgan fingerprint density at radius 3 is 2.43 bits per heavy atom. The van der Waals surface area contributed by atoms with E-state index in [1.807, 2.05) is 37.4 Å². The number of aromatic nitrogens is 1. The zero-order valence-corrected chi connectivity index (χ0v) is 18.0. The van der Waals surface area contributed by atoms with Crippen LogP contribution in [0.25, 0.3) is 22.4 Å². The Morgan fingerprint density at radius 2 is 1.77 bits per heavy atom. The van der Waals surface area contributed by atoms with E-state index in [2.05, 4.69) is 48.6 Å². The largest absolute Gasteiger partial charge is 0.379 e. The molecule has 3 rings (SSSR count). The number of amides is 1. The molecule has 1 amide bonds. The molecular weight excluding hydrogens is 372 g/mol. The molecule has 156 valence electrons. The first-order valence-electron chi connectivity index (χ1n) is 10.6. The molecule has 1 heterocycles. The molecule has 4 nitrogen and oxygen atoms in total. The predicted octanol–water partition coefficient (Wildman–Crippen LogP) is 6.12. The van der Waals surface area contributed by atoms with Gasteiger partial charge in [-0.15, -0.1) is 0 Å². The van der Waals surface area contributed by atoms with Crippen LogP contribution in [0.1, 0.15) is 39.2 Å². The number of hydrogen-bond donors (Lipinski definition) is 1. The quantitative estimate of drug-likeness (QED) is 0.469. The maximum Gasteiger partial charge on any atom is 0.221 e. The van der Waals surface area contributed by atoms with Gasteiger partial charge >= 0.3 is 0 Å². The highest BCUT2D eigenvalue weighted by molar-refractivity contribution is 5.89. The molecule has 1 N–H and O–H groups in total. The lowest BCUT2D eigenvalue weighted by atomic mass is 9.98. The Hall–Kier alpha value is -2.98. The molecule has 0 aliphatic rings. The van der Waals surface area contributed by atoms with Crippen molar-refractivity contribution < 1.29 is 9.53 Å². The lowest BCUT2D eigenvalue weighted by molar-refractivity contribution is -0.114. The molecule has 0 saturated heterocycles. The molecule has 0 aliphatic carbocycles. The van der Waals surface area contributed by atoms with Crippen molar-refractivity contribution in [3.63, 3.8) is 0 Å². The smallest absolute Gasteiger partial charge is 0.221 e. The number of rotatable bonds is 9. The lowest BCUT2D eigenvalue weighted by Crippen LogP contribution is -2.08. The molecule has 3 aromatic rings. The fourth-order valence-corrected chi connectivity index (χ4v) is 3.61. The van der Waals surface area contributed by atoms with Crippen molar-refractivity contribution in [1.29, 1.82) is 0 Å². The van der Waals surface area contributed by atoms with E-state index < -0.39 is 0 Å². The summed E-state index contributed by atoms with van der Waals surface area (Å²) < 4.78 is 5.64. The molecule has 0 saturated carbocycles. The van der Waals surface area contributed by atoms with Gasteiger partial charge in [0.1, 0.15) is 0 Å². The summed E-state index contributed by atoms with van der Waals surface area (Å²) in [5.41, 5.74) is 6.42. The second kappa shape index (κ2) is 10.7. The molecule has 0 aliphatic heterocycles. The highest BCUT2D eigenvalue weighted by Gasteiger charge is 2.08. The van der Waals surface area contributed by atoms with Crippen LogP contribution in [-0.4, -0.2) is 23.6 Å². The van der Waals surface area contributed by atoms with Gasteiger partial charge in [0.15, 0.2) is 0 Å². The van der Waals surface area contributed by atoms with Crippen molar-refractivity contribution in [1.82, 2.24) is 4.98 Å². The number of pyridine rings is 1. The summed E-state index contributed by atoms with van der Waals surface area (Å²) in [6.07, 6.45) is 5.38. The summed E-state index contributed by atoms with van der Waals surface area (Å²) >= 11 is 0. The minimum atomic E-state index is -0.0696. The predicted molar refractivity (Wildman–Crippen MR) is 123 cm³/mol. The molecule has 2 aromatic carbocycles. The number of nitrogens with one attached hydrogen (secondary N) is 1. The van der Waals surface area contributed by atoms with Crippen LogP contribution in [0.3, 0.4) is 0 Å². The van der Waals surface area contributed by atoms with E-state index in [0.717, 1.165) is 48.4 Å². The van der Waals surface area contributed by atoms with Gasteiger partial charge in [-0.2, -0.15) is 0 Å². The standard InChI is InChI=1S/C26H30N2O2/c1-4-30-19(2)8-7-10-22-9-5-6-11-25(22)26-17-14-23(18-27-26)21-12-15-24(16-13-21)28-20(3)29/h5-6,9,11-19H,4,7-8,10H2,1-3H3,(H,28,29). The van der Waals surface area contributed by atoms with Crippen LogP contribution in [0.15, 0.2) is 66.9 Å². The molecule has 1 atom stereocenters. The number of anilines is 1. The van der Waals surface area contributed by atoms with Gasteiger partial charge < -0.3 is 10.1 Å². The summed E-state index contributed by atoms with van der Waals surface area (Å²) in [5, 5.41) is 2.79. The van der Waals surface area contributed by atoms with E-state index >= 15 is 0 Å². The van der Waals surface area contributed by atoms with Gasteiger partial charge in [0, 0.05) is 36.5 Å². The summed E-state index contributed by atoms with van der Waals surface area (Å²) in [7, 11) is 0. The summed E-state index contributed by atoms with van der Waals surface area (Å²) in [6, 6.07) is 20.5. The first kappa shape index (κ1) is 21.7. The van der Waals surface area contributed by atoms with Gasteiger partial charge in [-0.1, -0.05) is 42.5 Å². The zero-order valence-electron chi connectivity index (χ0n) is 18.0. The van der Waals surface area contributed by atoms with Crippen LogP contribution in [0.4, 0.5) is 5.69 Å². The van der Waals surface area contributed by atoms with Crippen molar-refractivity contribution in [2.24, 2.45) is 0 Å². The number of carbonyl (C=O) groups is 1. The second-order valence-electron chi connectivity index (χ2n) is 7.51. The summed E-state index contributed by atoms with van der Waals surface area (Å²) in [6.45, 7) is 6.45. The van der Waals surface area contributed by atoms with Crippen molar-refractivity contribution >= 4 is 11.6 Å². The molecule has 30 heavy (non-hydrogen) atoms. The van der Waals surface area contributed by atoms with Gasteiger partial charge in [-0.25, -0.2) is 0 Å². The third-order valence-electron chi connectivity index (χ3n) is 5.10. The fraction of sp³-hybridized carbons (Fsp3) is 0.308. The van der Waals surface area contributed by atoms with Crippen LogP contribution in [0.2, 0.25) is 0 Å². The fourth-order valence-electron chi connectivity index (χ4n) is 3.61. The second-order valence-corrected chi connectivity index (χ2v) is 7.51. The molecule has 4 heteroatoms. The Kier molecular flexibility index (Phi) is 7.75. The highest BCUT2D eigenvalue weighted by atomic mass is 16.5. The number of ether oxygens (including phenoxy) is 1. The SMILES string of the molecule is CCOC(C)CCCc1ccccc1-c1ccc(-c2ccc(NC(C)=O)cc2)cn1. The molecule has 1 unspecified atom stereocenters. The molecule has 0 bridgehead atoms. The van der Waals surface area contributed by atoms with Gasteiger partial charge in [0.2, 0.25) is 5.91 Å². The lowest BCUT2D eigenvalue weighted by Gasteiger charge is -2.13. The minimum absolute atomic E-state index is 0.0696. The third-order valence-corrected chi connectivity index (χ3v) is 5.10. The molecular formula is C26H30N2O2. The van der Waals surface area contributed by atoms with Gasteiger partial charge in [0.25, 0.3) is 0 Å². The normalized spacial score (nSPS) is 11.8. The van der Waals surface area contributed by atoms with Crippen molar-refractivity contribution in [3.8, 4) is 22.4 Å². The van der Waals surface area contributed by atoms with Crippen LogP contribution in [-0.2, 0) is 16.0 Å². The number of benzene rings is 2. The zero-order chi connectivity index (χ0) is 21.3. The van der Waals surface area contributed by atoms with Crippen molar-refractivity contribution in [2.45, 2.75) is 46.1 Å². The minimum Gasteiger partial charge on any atom is -0.379 e. The summed E-state index contributed by atoms with van der Waals surface area (Å²) in [5.74, 6) is -0.0696. The van der Waals surface area contributed by atoms with Crippen molar-refractivity contribution in [3.05, 3.63) is 72.4 Å². The van der Waals surface area contributed by atoms with E-state index in [1.165, 1.54) is 18.1 Å². The maximum absolute atomic E-state index is 11.2. The Bertz CT molecular complexity index is 950. The molecule has 0 spiro atoms. The van der Waals surface area contributed by atoms with Gasteiger partial charge in [0.05, 0.1) is 11.8 Å². The van der Waals surface area contributed by atoms with E-state index in [4.69, 9.17) is 9.72 Å². The van der Waals surface area contributed by atoms with E-state index in [1.54, 1.807) is 0 Å². The van der Waals surface area contributed by atoms with Crippen LogP contribution >= 0.6 is 0 Å². The Balaban J connectivity index is 1.71. The number of aryl methyl sites for hydroxylation is 1. The topological polar surface area (TPSA) is 51.2 Å². The molecule has 1 aromatic heterocycles. The number of nitrogens with zero attached hydrogens (tertiary/aromatic N) is 1. The summed E-state index contributed by atoms with van der Waals surface area (Å²) in [4.78, 5) is 15.9. The van der Waals surface area contributed by atoms with E-state index in [0.29, 0.717) is 6.10 Å². The van der Waals surface area contributed by atoms with Gasteiger partial charge in [-0.3, -0.25) is 9.78 Å². The van der Waals surface area contributed by atoms with Crippen LogP contribution < -0.4 is 5.32 Å². The third kappa shape index (κ3) is 6.01. The number of hydrogen-bond acceptors (Lipinski definition) is 3. The molecule has 0 radical (unpaired) electrons. The Labute approximate surface area is 179 Å². The van der Waals surface area contributed by atoms with Crippen LogP contribution in [0, 0.1) is 0 Å². The average molecular weight is 403 g/mol. The first-order valence-corrected chi connectivity index (χ1v) is 10.6. The average Bonchev–Trinajstić information content (AvgIpc) is 2.75. The number of carbonyl (C=O) groups excluding carboxylic acids is 1. The van der Waals surface area contributed by atoms with E-state index in [-0.39, 0.29) is 5.91 Å². The van der Waals surface area contributed by atoms with Crippen LogP contribution in [0.5, 0.6) is 0 Å². The Morgan fingerprint density at radius 1 is 1.03 bits per heavy atom. The first-order chi connectivity index (χ1) is 14.6. The monoisotopic (exact) mass is 402 g/mol. The van der Waals surface area contributed by atoms with Crippen molar-refractivity contribution in [2.75, 3.05) is 11.9 Å². The molecule has 0 fully saturated rings. The van der Waals surface area contributed by atoms with E-state index in [9.17, 15) is 4.79 Å².